The van der Waals surface area contributed by atoms with Crippen LogP contribution >= 0.6 is 22.9 Å². The molecular weight excluding hydrogens is 382 g/mol. The summed E-state index contributed by atoms with van der Waals surface area (Å²) in [5.74, 6) is 0.970. The summed E-state index contributed by atoms with van der Waals surface area (Å²) in [6.07, 6.45) is 3.38. The lowest BCUT2D eigenvalue weighted by Crippen LogP contribution is -2.10. The number of fused-ring (bicyclic) bond motifs is 1. The van der Waals surface area contributed by atoms with Gasteiger partial charge in [-0.25, -0.2) is 0 Å². The Labute approximate surface area is 168 Å². The lowest BCUT2D eigenvalue weighted by atomic mass is 10.1. The number of aryl methyl sites for hydroxylation is 1. The summed E-state index contributed by atoms with van der Waals surface area (Å²) in [6, 6.07) is 11.6. The normalized spacial score (nSPS) is 10.8. The van der Waals surface area contributed by atoms with Gasteiger partial charge in [0.25, 0.3) is 5.91 Å². The van der Waals surface area contributed by atoms with Gasteiger partial charge in [-0.3, -0.25) is 4.79 Å². The predicted octanol–water partition coefficient (Wildman–Crippen LogP) is 6.17. The minimum Gasteiger partial charge on any atom is -0.493 e. The van der Waals surface area contributed by atoms with Crippen molar-refractivity contribution in [2.75, 3.05) is 19.5 Å². The van der Waals surface area contributed by atoms with Gasteiger partial charge < -0.3 is 14.8 Å². The summed E-state index contributed by atoms with van der Waals surface area (Å²) in [5, 5.41) is 4.13. The molecule has 27 heavy (non-hydrogen) atoms. The van der Waals surface area contributed by atoms with E-state index in [1.165, 1.54) is 23.3 Å². The topological polar surface area (TPSA) is 47.6 Å². The zero-order chi connectivity index (χ0) is 19.4. The molecule has 0 saturated carbocycles. The number of methoxy groups -OCH3 is 2. The van der Waals surface area contributed by atoms with Crippen molar-refractivity contribution in [2.45, 2.75) is 26.2 Å². The van der Waals surface area contributed by atoms with Gasteiger partial charge in [-0.15, -0.1) is 11.3 Å². The molecule has 0 unspecified atom stereocenters. The van der Waals surface area contributed by atoms with Crippen LogP contribution in [-0.2, 0) is 6.42 Å². The zero-order valence-electron chi connectivity index (χ0n) is 15.6. The zero-order valence-corrected chi connectivity index (χ0v) is 17.2. The molecule has 0 aliphatic carbocycles. The SMILES string of the molecule is CCCCc1ccc(NC(=O)c2sc3cc(OC)c(OC)cc3c2Cl)cc1. The number of carbonyl (C=O) groups excluding carboxylic acids is 1. The number of hydrogen-bond donors (Lipinski definition) is 1. The first-order valence-electron chi connectivity index (χ1n) is 8.81. The number of halogens is 1. The Morgan fingerprint density at radius 3 is 2.41 bits per heavy atom. The van der Waals surface area contributed by atoms with E-state index in [-0.39, 0.29) is 5.91 Å². The fourth-order valence-electron chi connectivity index (χ4n) is 2.86. The van der Waals surface area contributed by atoms with Crippen LogP contribution in [0.3, 0.4) is 0 Å². The van der Waals surface area contributed by atoms with Crippen LogP contribution < -0.4 is 14.8 Å². The Bertz CT molecular complexity index is 950. The number of ether oxygens (including phenoxy) is 2. The number of nitrogens with one attached hydrogen (secondary N) is 1. The van der Waals surface area contributed by atoms with Crippen LogP contribution in [0.2, 0.25) is 5.02 Å². The van der Waals surface area contributed by atoms with E-state index < -0.39 is 0 Å². The minimum absolute atomic E-state index is 0.222. The number of amides is 1. The quantitative estimate of drug-likeness (QED) is 0.513. The highest BCUT2D eigenvalue weighted by Crippen LogP contribution is 2.41. The smallest absolute Gasteiger partial charge is 0.267 e. The molecule has 0 radical (unpaired) electrons. The van der Waals surface area contributed by atoms with Crippen LogP contribution in [0.1, 0.15) is 35.0 Å². The molecule has 6 heteroatoms. The average Bonchev–Trinajstić information content (AvgIpc) is 3.02. The van der Waals surface area contributed by atoms with Gasteiger partial charge in [0.2, 0.25) is 0 Å². The Morgan fingerprint density at radius 2 is 1.78 bits per heavy atom. The summed E-state index contributed by atoms with van der Waals surface area (Å²) < 4.78 is 11.5. The fraction of sp³-hybridized carbons (Fsp3) is 0.286. The summed E-state index contributed by atoms with van der Waals surface area (Å²) in [6.45, 7) is 2.18. The van der Waals surface area contributed by atoms with E-state index in [4.69, 9.17) is 21.1 Å². The molecule has 3 rings (SSSR count). The van der Waals surface area contributed by atoms with E-state index in [1.807, 2.05) is 30.3 Å². The summed E-state index contributed by atoms with van der Waals surface area (Å²) in [5.41, 5.74) is 2.03. The van der Waals surface area contributed by atoms with Crippen molar-refractivity contribution in [3.8, 4) is 11.5 Å². The summed E-state index contributed by atoms with van der Waals surface area (Å²) in [7, 11) is 3.15. The molecule has 1 heterocycles. The van der Waals surface area contributed by atoms with Crippen molar-refractivity contribution in [3.63, 3.8) is 0 Å². The molecule has 0 bridgehead atoms. The molecule has 142 valence electrons. The fourth-order valence-corrected chi connectivity index (χ4v) is 4.28. The van der Waals surface area contributed by atoms with Crippen LogP contribution in [0.5, 0.6) is 11.5 Å². The van der Waals surface area contributed by atoms with E-state index in [0.717, 1.165) is 28.6 Å². The van der Waals surface area contributed by atoms with Crippen molar-refractivity contribution in [1.82, 2.24) is 0 Å². The second-order valence-corrected chi connectivity index (χ2v) is 7.63. The first kappa shape index (κ1) is 19.5. The maximum absolute atomic E-state index is 12.7. The molecule has 2 aromatic carbocycles. The molecule has 0 atom stereocenters. The van der Waals surface area contributed by atoms with Gasteiger partial charge in [0, 0.05) is 21.8 Å². The van der Waals surface area contributed by atoms with E-state index in [0.29, 0.717) is 21.4 Å². The Kier molecular flexibility index (Phi) is 6.24. The van der Waals surface area contributed by atoms with Crippen LogP contribution in [0.15, 0.2) is 36.4 Å². The Hall–Kier alpha value is -2.24. The molecule has 1 aromatic heterocycles. The number of benzene rings is 2. The summed E-state index contributed by atoms with van der Waals surface area (Å²) >= 11 is 7.81. The number of thiophene rings is 1. The van der Waals surface area contributed by atoms with Gasteiger partial charge in [0.1, 0.15) is 4.88 Å². The highest BCUT2D eigenvalue weighted by molar-refractivity contribution is 7.21. The van der Waals surface area contributed by atoms with Gasteiger partial charge in [-0.1, -0.05) is 37.1 Å². The first-order valence-corrected chi connectivity index (χ1v) is 10.0. The van der Waals surface area contributed by atoms with Crippen LogP contribution in [-0.4, -0.2) is 20.1 Å². The second kappa shape index (κ2) is 8.63. The van der Waals surface area contributed by atoms with Crippen LogP contribution in [0.4, 0.5) is 5.69 Å². The molecule has 4 nitrogen and oxygen atoms in total. The molecule has 1 N–H and O–H groups in total. The van der Waals surface area contributed by atoms with Crippen molar-refractivity contribution < 1.29 is 14.3 Å². The third-order valence-corrected chi connectivity index (χ3v) is 6.03. The number of rotatable bonds is 7. The highest BCUT2D eigenvalue weighted by atomic mass is 35.5. The largest absolute Gasteiger partial charge is 0.493 e. The monoisotopic (exact) mass is 403 g/mol. The van der Waals surface area contributed by atoms with Gasteiger partial charge in [0.15, 0.2) is 11.5 Å². The molecule has 0 spiro atoms. The highest BCUT2D eigenvalue weighted by Gasteiger charge is 2.19. The Balaban J connectivity index is 1.84. The lowest BCUT2D eigenvalue weighted by Gasteiger charge is -2.07. The first-order chi connectivity index (χ1) is 13.1. The maximum Gasteiger partial charge on any atom is 0.267 e. The lowest BCUT2D eigenvalue weighted by molar-refractivity contribution is 0.103. The number of hydrogen-bond acceptors (Lipinski definition) is 4. The maximum atomic E-state index is 12.7. The Morgan fingerprint density at radius 1 is 1.11 bits per heavy atom. The molecule has 0 aliphatic heterocycles. The number of carbonyl (C=O) groups is 1. The molecular formula is C21H22ClNO3S. The van der Waals surface area contributed by atoms with Crippen LogP contribution in [0, 0.1) is 0 Å². The molecule has 1 amide bonds. The minimum atomic E-state index is -0.222. The van der Waals surface area contributed by atoms with Crippen LogP contribution in [0.25, 0.3) is 10.1 Å². The van der Waals surface area contributed by atoms with Gasteiger partial charge >= 0.3 is 0 Å². The molecule has 0 fully saturated rings. The summed E-state index contributed by atoms with van der Waals surface area (Å²) in [4.78, 5) is 13.2. The van der Waals surface area contributed by atoms with E-state index in [9.17, 15) is 4.79 Å². The number of anilines is 1. The van der Waals surface area contributed by atoms with Gasteiger partial charge in [-0.2, -0.15) is 0 Å². The van der Waals surface area contributed by atoms with Crippen molar-refractivity contribution in [2.24, 2.45) is 0 Å². The molecule has 0 aliphatic rings. The van der Waals surface area contributed by atoms with Crippen molar-refractivity contribution in [3.05, 3.63) is 51.9 Å². The number of unbranched alkanes of at least 4 members (excludes halogenated alkanes) is 1. The molecule has 0 saturated heterocycles. The van der Waals surface area contributed by atoms with Crippen molar-refractivity contribution in [1.29, 1.82) is 0 Å². The predicted molar refractivity (Wildman–Crippen MR) is 113 cm³/mol. The third kappa shape index (κ3) is 4.20. The van der Waals surface area contributed by atoms with E-state index in [2.05, 4.69) is 12.2 Å². The van der Waals surface area contributed by atoms with Gasteiger partial charge in [0.05, 0.1) is 19.2 Å². The average molecular weight is 404 g/mol. The van der Waals surface area contributed by atoms with E-state index >= 15 is 0 Å². The van der Waals surface area contributed by atoms with E-state index in [1.54, 1.807) is 20.3 Å². The third-order valence-electron chi connectivity index (χ3n) is 4.37. The van der Waals surface area contributed by atoms with Gasteiger partial charge in [-0.05, 0) is 36.6 Å². The molecule has 3 aromatic rings. The standard InChI is InChI=1S/C21H22ClNO3S/c1-4-5-6-13-7-9-14(10-8-13)23-21(24)20-19(22)15-11-16(25-2)17(26-3)12-18(15)27-20/h7-12H,4-6H2,1-3H3,(H,23,24). The second-order valence-electron chi connectivity index (χ2n) is 6.20. The van der Waals surface area contributed by atoms with Crippen molar-refractivity contribution >= 4 is 44.6 Å².